The Morgan fingerprint density at radius 1 is 0.651 bits per heavy atom. The summed E-state index contributed by atoms with van der Waals surface area (Å²) in [6, 6.07) is 36.2. The predicted molar refractivity (Wildman–Crippen MR) is 181 cm³/mol. The second-order valence-electron chi connectivity index (χ2n) is 10.8. The van der Waals surface area contributed by atoms with Gasteiger partial charge in [0.15, 0.2) is 0 Å². The molecule has 7 aromatic rings. The summed E-state index contributed by atoms with van der Waals surface area (Å²) in [5.41, 5.74) is 11.6. The van der Waals surface area contributed by atoms with Crippen LogP contribution in [0.5, 0.6) is 0 Å². The molecule has 0 amide bonds. The summed E-state index contributed by atoms with van der Waals surface area (Å²) < 4.78 is 2.28. The number of allylic oxidation sites excluding steroid dienone is 3. The van der Waals surface area contributed by atoms with Gasteiger partial charge in [0.2, 0.25) is 0 Å². The van der Waals surface area contributed by atoms with Gasteiger partial charge in [-0.15, -0.1) is 0 Å². The van der Waals surface area contributed by atoms with Gasteiger partial charge in [-0.2, -0.15) is 0 Å². The summed E-state index contributed by atoms with van der Waals surface area (Å²) in [7, 11) is 0. The zero-order valence-electron chi connectivity index (χ0n) is 24.6. The molecule has 3 aromatic heterocycles. The Hall–Kier alpha value is -5.35. The second-order valence-corrected chi connectivity index (χ2v) is 10.8. The van der Waals surface area contributed by atoms with E-state index in [-0.39, 0.29) is 0 Å². The van der Waals surface area contributed by atoms with Gasteiger partial charge in [0.1, 0.15) is 5.82 Å². The second kappa shape index (κ2) is 11.1. The van der Waals surface area contributed by atoms with Crippen LogP contribution < -0.4 is 0 Å². The third-order valence-electron chi connectivity index (χ3n) is 8.04. The van der Waals surface area contributed by atoms with Gasteiger partial charge in [-0.25, -0.2) is 15.0 Å². The number of pyridine rings is 2. The summed E-state index contributed by atoms with van der Waals surface area (Å²) in [6.07, 6.45) is 8.16. The number of benzene rings is 4. The van der Waals surface area contributed by atoms with Crippen molar-refractivity contribution in [2.24, 2.45) is 0 Å². The van der Waals surface area contributed by atoms with Gasteiger partial charge < -0.3 is 4.57 Å². The molecular weight excluding hydrogens is 524 g/mol. The number of hydrogen-bond donors (Lipinski definition) is 0. The fourth-order valence-corrected chi connectivity index (χ4v) is 5.89. The molecule has 4 aromatic carbocycles. The van der Waals surface area contributed by atoms with Gasteiger partial charge in [0.25, 0.3) is 0 Å². The highest BCUT2D eigenvalue weighted by molar-refractivity contribution is 6.09. The molecule has 0 aliphatic heterocycles. The van der Waals surface area contributed by atoms with Crippen LogP contribution in [0.4, 0.5) is 0 Å². The van der Waals surface area contributed by atoms with Gasteiger partial charge in [-0.1, -0.05) is 91.0 Å². The molecule has 0 unspecified atom stereocenters. The summed E-state index contributed by atoms with van der Waals surface area (Å²) >= 11 is 0. The number of aryl methyl sites for hydroxylation is 2. The summed E-state index contributed by atoms with van der Waals surface area (Å²) in [5, 5.41) is 2.13. The average molecular weight is 557 g/mol. The van der Waals surface area contributed by atoms with Gasteiger partial charge in [-0.05, 0) is 73.9 Å². The SMILES string of the molecule is C/C=C\C=C/c1nc2c(cc1C)c(-c1ccc(-c3cccc(-c4nc5ccccc5n4CC)c3)cc1)nc1ccccc12. The Kier molecular flexibility index (Phi) is 6.88. The standard InChI is InChI=1S/C39H32N4/c1-4-6-7-16-33-26(3)24-32-37(41-34-17-9-8-15-31(34)38(32)40-33)28-22-20-27(21-23-28)29-13-12-14-30(25-29)39-42-35-18-10-11-19-36(35)43(39)5-2/h4,6-25H,5H2,1-3H3/b6-4-,16-7-. The Bertz CT molecular complexity index is 2180. The zero-order valence-corrected chi connectivity index (χ0v) is 24.6. The van der Waals surface area contributed by atoms with E-state index in [0.717, 1.165) is 84.4 Å². The van der Waals surface area contributed by atoms with E-state index in [1.807, 2.05) is 37.3 Å². The van der Waals surface area contributed by atoms with Crippen LogP contribution in [-0.4, -0.2) is 19.5 Å². The maximum Gasteiger partial charge on any atom is 0.141 e. The lowest BCUT2D eigenvalue weighted by Gasteiger charge is -2.13. The van der Waals surface area contributed by atoms with Gasteiger partial charge >= 0.3 is 0 Å². The molecule has 0 bridgehead atoms. The van der Waals surface area contributed by atoms with E-state index in [1.165, 1.54) is 0 Å². The van der Waals surface area contributed by atoms with Crippen LogP contribution >= 0.6 is 0 Å². The lowest BCUT2D eigenvalue weighted by atomic mass is 9.98. The quantitative estimate of drug-likeness (QED) is 0.151. The topological polar surface area (TPSA) is 43.6 Å². The molecule has 0 aliphatic carbocycles. The van der Waals surface area contributed by atoms with Crippen molar-refractivity contribution in [1.82, 2.24) is 19.5 Å². The molecule has 3 heterocycles. The fraction of sp³-hybridized carbons (Fsp3) is 0.103. The van der Waals surface area contributed by atoms with Crippen molar-refractivity contribution in [3.63, 3.8) is 0 Å². The highest BCUT2D eigenvalue weighted by Gasteiger charge is 2.15. The molecule has 4 nitrogen and oxygen atoms in total. The molecule has 0 fully saturated rings. The van der Waals surface area contributed by atoms with Crippen LogP contribution in [0.25, 0.3) is 72.7 Å². The predicted octanol–water partition coefficient (Wildman–Crippen LogP) is 10.1. The summed E-state index contributed by atoms with van der Waals surface area (Å²) in [5.74, 6) is 0.997. The highest BCUT2D eigenvalue weighted by Crippen LogP contribution is 2.35. The average Bonchev–Trinajstić information content (AvgIpc) is 3.44. The van der Waals surface area contributed by atoms with E-state index in [1.54, 1.807) is 0 Å². The smallest absolute Gasteiger partial charge is 0.141 e. The van der Waals surface area contributed by atoms with E-state index >= 15 is 0 Å². The number of nitrogens with zero attached hydrogens (tertiary/aromatic N) is 4. The lowest BCUT2D eigenvalue weighted by molar-refractivity contribution is 0.796. The van der Waals surface area contributed by atoms with E-state index < -0.39 is 0 Å². The van der Waals surface area contributed by atoms with Gasteiger partial charge in [0.05, 0.1) is 33.5 Å². The molecule has 0 aliphatic rings. The molecule has 0 saturated carbocycles. The van der Waals surface area contributed by atoms with Crippen LogP contribution in [0, 0.1) is 6.92 Å². The molecule has 0 spiro atoms. The molecule has 0 atom stereocenters. The zero-order chi connectivity index (χ0) is 29.3. The van der Waals surface area contributed by atoms with Crippen molar-refractivity contribution >= 4 is 38.9 Å². The maximum absolute atomic E-state index is 5.14. The number of rotatable bonds is 6. The largest absolute Gasteiger partial charge is 0.324 e. The minimum Gasteiger partial charge on any atom is -0.324 e. The Morgan fingerprint density at radius 3 is 2.21 bits per heavy atom. The third-order valence-corrected chi connectivity index (χ3v) is 8.04. The van der Waals surface area contributed by atoms with Gasteiger partial charge in [0, 0.05) is 28.4 Å². The highest BCUT2D eigenvalue weighted by atomic mass is 15.1. The number of fused-ring (bicyclic) bond motifs is 4. The monoisotopic (exact) mass is 556 g/mol. The maximum atomic E-state index is 5.14. The summed E-state index contributed by atoms with van der Waals surface area (Å²) in [6.45, 7) is 7.16. The Morgan fingerprint density at radius 2 is 1.40 bits per heavy atom. The summed E-state index contributed by atoms with van der Waals surface area (Å²) in [4.78, 5) is 15.2. The molecule has 0 saturated heterocycles. The molecule has 43 heavy (non-hydrogen) atoms. The van der Waals surface area contributed by atoms with Crippen LogP contribution in [0.2, 0.25) is 0 Å². The van der Waals surface area contributed by atoms with E-state index in [9.17, 15) is 0 Å². The van der Waals surface area contributed by atoms with Crippen molar-refractivity contribution in [3.05, 3.63) is 133 Å². The first-order valence-electron chi connectivity index (χ1n) is 14.8. The molecule has 7 rings (SSSR count). The van der Waals surface area contributed by atoms with E-state index in [4.69, 9.17) is 15.0 Å². The van der Waals surface area contributed by atoms with Crippen molar-refractivity contribution < 1.29 is 0 Å². The number of hydrogen-bond acceptors (Lipinski definition) is 3. The van der Waals surface area contributed by atoms with Crippen molar-refractivity contribution in [3.8, 4) is 33.8 Å². The molecule has 4 heteroatoms. The van der Waals surface area contributed by atoms with E-state index in [0.29, 0.717) is 0 Å². The molecular formula is C39H32N4. The number of aromatic nitrogens is 4. The minimum atomic E-state index is 0.864. The molecule has 0 radical (unpaired) electrons. The third kappa shape index (κ3) is 4.81. The number of imidazole rings is 1. The van der Waals surface area contributed by atoms with Crippen LogP contribution in [-0.2, 0) is 6.54 Å². The Labute approximate surface area is 251 Å². The van der Waals surface area contributed by atoms with Crippen molar-refractivity contribution in [2.45, 2.75) is 27.3 Å². The normalized spacial score (nSPS) is 12.0. The van der Waals surface area contributed by atoms with E-state index in [2.05, 4.69) is 115 Å². The van der Waals surface area contributed by atoms with Gasteiger partial charge in [-0.3, -0.25) is 0 Å². The fourth-order valence-electron chi connectivity index (χ4n) is 5.89. The van der Waals surface area contributed by atoms with Crippen molar-refractivity contribution in [2.75, 3.05) is 0 Å². The van der Waals surface area contributed by atoms with Crippen LogP contribution in [0.1, 0.15) is 25.1 Å². The first-order chi connectivity index (χ1) is 21.1. The number of para-hydroxylation sites is 3. The lowest BCUT2D eigenvalue weighted by Crippen LogP contribution is -1.97. The van der Waals surface area contributed by atoms with Crippen LogP contribution in [0.15, 0.2) is 121 Å². The Balaban J connectivity index is 1.30. The first kappa shape index (κ1) is 26.5. The first-order valence-corrected chi connectivity index (χ1v) is 14.8. The molecule has 0 N–H and O–H groups in total. The van der Waals surface area contributed by atoms with Crippen LogP contribution in [0.3, 0.4) is 0 Å². The van der Waals surface area contributed by atoms with Crippen molar-refractivity contribution in [1.29, 1.82) is 0 Å². The molecule has 208 valence electrons. The minimum absolute atomic E-state index is 0.864.